The Morgan fingerprint density at radius 2 is 2.28 bits per heavy atom. The third-order valence-corrected chi connectivity index (χ3v) is 3.34. The van der Waals surface area contributed by atoms with E-state index in [-0.39, 0.29) is 18.2 Å². The molecule has 98 valence electrons. The van der Waals surface area contributed by atoms with Crippen molar-refractivity contribution in [2.24, 2.45) is 5.41 Å². The first-order chi connectivity index (χ1) is 8.42. The number of aromatic nitrogens is 1. The fraction of sp³-hybridized carbons (Fsp3) is 0.583. The molecule has 2 rings (SSSR count). The summed E-state index contributed by atoms with van der Waals surface area (Å²) in [4.78, 5) is 24.9. The van der Waals surface area contributed by atoms with Gasteiger partial charge in [-0.2, -0.15) is 0 Å². The van der Waals surface area contributed by atoms with Crippen LogP contribution in [0.1, 0.15) is 36.0 Å². The molecule has 1 unspecified atom stereocenters. The van der Waals surface area contributed by atoms with Crippen LogP contribution in [0.3, 0.4) is 0 Å². The quantitative estimate of drug-likeness (QED) is 0.857. The van der Waals surface area contributed by atoms with Crippen molar-refractivity contribution >= 4 is 11.9 Å². The SMILES string of the molecule is Cc1cc(C(=O)N2CCCC(C)(C(=O)O)C2)on1. The lowest BCUT2D eigenvalue weighted by Crippen LogP contribution is -2.48. The van der Waals surface area contributed by atoms with Gasteiger partial charge in [0, 0.05) is 19.2 Å². The van der Waals surface area contributed by atoms with Gasteiger partial charge in [-0.05, 0) is 26.7 Å². The molecule has 1 aromatic heterocycles. The molecule has 0 aliphatic carbocycles. The second-order valence-corrected chi connectivity index (χ2v) is 5.03. The Morgan fingerprint density at radius 1 is 1.56 bits per heavy atom. The predicted molar refractivity (Wildman–Crippen MR) is 62.1 cm³/mol. The molecule has 0 aromatic carbocycles. The number of carbonyl (C=O) groups is 2. The zero-order valence-corrected chi connectivity index (χ0v) is 10.5. The molecule has 6 nitrogen and oxygen atoms in total. The van der Waals surface area contributed by atoms with Gasteiger partial charge in [-0.1, -0.05) is 5.16 Å². The summed E-state index contributed by atoms with van der Waals surface area (Å²) < 4.78 is 4.92. The Hall–Kier alpha value is -1.85. The van der Waals surface area contributed by atoms with Gasteiger partial charge < -0.3 is 14.5 Å². The summed E-state index contributed by atoms with van der Waals surface area (Å²) >= 11 is 0. The van der Waals surface area contributed by atoms with E-state index < -0.39 is 11.4 Å². The molecule has 0 saturated carbocycles. The maximum Gasteiger partial charge on any atom is 0.311 e. The van der Waals surface area contributed by atoms with Crippen LogP contribution in [0.4, 0.5) is 0 Å². The fourth-order valence-corrected chi connectivity index (χ4v) is 2.21. The van der Waals surface area contributed by atoms with Gasteiger partial charge >= 0.3 is 5.97 Å². The van der Waals surface area contributed by atoms with Gasteiger partial charge in [-0.3, -0.25) is 9.59 Å². The number of carbonyl (C=O) groups excluding carboxylic acids is 1. The molecular formula is C12H16N2O4. The van der Waals surface area contributed by atoms with Gasteiger partial charge in [-0.25, -0.2) is 0 Å². The van der Waals surface area contributed by atoms with Gasteiger partial charge in [-0.15, -0.1) is 0 Å². The van der Waals surface area contributed by atoms with Gasteiger partial charge in [0.1, 0.15) is 0 Å². The van der Waals surface area contributed by atoms with Crippen molar-refractivity contribution < 1.29 is 19.2 Å². The summed E-state index contributed by atoms with van der Waals surface area (Å²) in [6.45, 7) is 4.17. The van der Waals surface area contributed by atoms with E-state index in [1.165, 1.54) is 4.90 Å². The van der Waals surface area contributed by atoms with Crippen molar-refractivity contribution in [2.45, 2.75) is 26.7 Å². The molecule has 2 heterocycles. The molecule has 0 spiro atoms. The standard InChI is InChI=1S/C12H16N2O4/c1-8-6-9(18-13-8)10(15)14-5-3-4-12(2,7-14)11(16)17/h6H,3-5,7H2,1-2H3,(H,16,17). The Morgan fingerprint density at radius 3 is 2.83 bits per heavy atom. The van der Waals surface area contributed by atoms with Crippen molar-refractivity contribution in [2.75, 3.05) is 13.1 Å². The number of aliphatic carboxylic acids is 1. The lowest BCUT2D eigenvalue weighted by molar-refractivity contribution is -0.150. The lowest BCUT2D eigenvalue weighted by atomic mass is 9.82. The maximum absolute atomic E-state index is 12.1. The molecule has 6 heteroatoms. The van der Waals surface area contributed by atoms with Crippen LogP contribution in [0, 0.1) is 12.3 Å². The fourth-order valence-electron chi connectivity index (χ4n) is 2.21. The Labute approximate surface area is 105 Å². The molecule has 1 aliphatic heterocycles. The normalized spacial score (nSPS) is 24.0. The van der Waals surface area contributed by atoms with E-state index in [1.54, 1.807) is 19.9 Å². The molecule has 1 fully saturated rings. The molecule has 0 bridgehead atoms. The molecule has 1 N–H and O–H groups in total. The lowest BCUT2D eigenvalue weighted by Gasteiger charge is -2.36. The highest BCUT2D eigenvalue weighted by Crippen LogP contribution is 2.30. The van der Waals surface area contributed by atoms with Crippen LogP contribution >= 0.6 is 0 Å². The van der Waals surface area contributed by atoms with E-state index in [4.69, 9.17) is 4.52 Å². The third-order valence-electron chi connectivity index (χ3n) is 3.34. The molecule has 0 radical (unpaired) electrons. The molecule has 1 aliphatic rings. The summed E-state index contributed by atoms with van der Waals surface area (Å²) in [5, 5.41) is 12.9. The van der Waals surface area contributed by atoms with Crippen LogP contribution in [-0.2, 0) is 4.79 Å². The maximum atomic E-state index is 12.1. The second kappa shape index (κ2) is 4.44. The number of piperidine rings is 1. The largest absolute Gasteiger partial charge is 0.481 e. The van der Waals surface area contributed by atoms with Gasteiger partial charge in [0.05, 0.1) is 11.1 Å². The van der Waals surface area contributed by atoms with Crippen molar-refractivity contribution in [3.8, 4) is 0 Å². The van der Waals surface area contributed by atoms with E-state index in [0.717, 1.165) is 0 Å². The van der Waals surface area contributed by atoms with E-state index in [1.807, 2.05) is 0 Å². The Kier molecular flexibility index (Phi) is 3.11. The number of nitrogens with zero attached hydrogens (tertiary/aromatic N) is 2. The molecule has 1 atom stereocenters. The number of carboxylic acid groups (broad SMARTS) is 1. The van der Waals surface area contributed by atoms with Gasteiger partial charge in [0.2, 0.25) is 5.76 Å². The molecule has 1 aromatic rings. The first kappa shape index (κ1) is 12.6. The minimum atomic E-state index is -0.872. The van der Waals surface area contributed by atoms with Crippen LogP contribution in [0.25, 0.3) is 0 Å². The Balaban J connectivity index is 2.14. The minimum absolute atomic E-state index is 0.169. The van der Waals surface area contributed by atoms with E-state index >= 15 is 0 Å². The summed E-state index contributed by atoms with van der Waals surface area (Å²) in [6.07, 6.45) is 1.27. The first-order valence-corrected chi connectivity index (χ1v) is 5.88. The van der Waals surface area contributed by atoms with E-state index in [0.29, 0.717) is 25.1 Å². The number of rotatable bonds is 2. The number of hydrogen-bond donors (Lipinski definition) is 1. The topological polar surface area (TPSA) is 83.6 Å². The molecule has 18 heavy (non-hydrogen) atoms. The highest BCUT2D eigenvalue weighted by atomic mass is 16.5. The molecule has 1 amide bonds. The van der Waals surface area contributed by atoms with Crippen LogP contribution in [0.15, 0.2) is 10.6 Å². The second-order valence-electron chi connectivity index (χ2n) is 5.03. The number of aryl methyl sites for hydroxylation is 1. The van der Waals surface area contributed by atoms with Crippen molar-refractivity contribution in [3.05, 3.63) is 17.5 Å². The zero-order chi connectivity index (χ0) is 13.3. The first-order valence-electron chi connectivity index (χ1n) is 5.88. The third kappa shape index (κ3) is 2.23. The molecule has 1 saturated heterocycles. The highest BCUT2D eigenvalue weighted by Gasteiger charge is 2.40. The van der Waals surface area contributed by atoms with Crippen molar-refractivity contribution in [3.63, 3.8) is 0 Å². The average Bonchev–Trinajstić information content (AvgIpc) is 2.75. The van der Waals surface area contributed by atoms with Crippen LogP contribution in [-0.4, -0.2) is 40.1 Å². The number of amides is 1. The number of hydrogen-bond acceptors (Lipinski definition) is 4. The highest BCUT2D eigenvalue weighted by molar-refractivity contribution is 5.92. The van der Waals surface area contributed by atoms with Crippen molar-refractivity contribution in [1.82, 2.24) is 10.1 Å². The summed E-state index contributed by atoms with van der Waals surface area (Å²) in [7, 11) is 0. The van der Waals surface area contributed by atoms with Gasteiger partial charge in [0.25, 0.3) is 5.91 Å². The zero-order valence-electron chi connectivity index (χ0n) is 10.5. The van der Waals surface area contributed by atoms with Crippen LogP contribution < -0.4 is 0 Å². The summed E-state index contributed by atoms with van der Waals surface area (Å²) in [5.41, 5.74) is -0.237. The minimum Gasteiger partial charge on any atom is -0.481 e. The van der Waals surface area contributed by atoms with Gasteiger partial charge in [0.15, 0.2) is 0 Å². The Bertz CT molecular complexity index is 482. The monoisotopic (exact) mass is 252 g/mol. The van der Waals surface area contributed by atoms with Crippen LogP contribution in [0.5, 0.6) is 0 Å². The molecular weight excluding hydrogens is 236 g/mol. The summed E-state index contributed by atoms with van der Waals surface area (Å²) in [6, 6.07) is 1.56. The number of carboxylic acids is 1. The smallest absolute Gasteiger partial charge is 0.311 e. The number of likely N-dealkylation sites (tertiary alicyclic amines) is 1. The predicted octanol–water partition coefficient (Wildman–Crippen LogP) is 1.31. The van der Waals surface area contributed by atoms with Crippen molar-refractivity contribution in [1.29, 1.82) is 0 Å². The van der Waals surface area contributed by atoms with Crippen LogP contribution in [0.2, 0.25) is 0 Å². The average molecular weight is 252 g/mol. The summed E-state index contributed by atoms with van der Waals surface area (Å²) in [5.74, 6) is -0.987. The van der Waals surface area contributed by atoms with E-state index in [9.17, 15) is 14.7 Å². The van der Waals surface area contributed by atoms with E-state index in [2.05, 4.69) is 5.16 Å².